The first-order valence-electron chi connectivity index (χ1n) is 9.40. The normalized spacial score (nSPS) is 14.6. The Bertz CT molecular complexity index is 777. The van der Waals surface area contributed by atoms with Gasteiger partial charge in [0.1, 0.15) is 11.6 Å². The molecule has 5 nitrogen and oxygen atoms in total. The van der Waals surface area contributed by atoms with Crippen LogP contribution in [0.5, 0.6) is 0 Å². The Labute approximate surface area is 156 Å². The molecule has 26 heavy (non-hydrogen) atoms. The second kappa shape index (κ2) is 7.85. The molecule has 1 aliphatic heterocycles. The van der Waals surface area contributed by atoms with Gasteiger partial charge in [0.25, 0.3) is 0 Å². The highest BCUT2D eigenvalue weighted by Gasteiger charge is 2.24. The molecule has 1 amide bonds. The first-order valence-corrected chi connectivity index (χ1v) is 9.40. The number of hydrogen-bond donors (Lipinski definition) is 0. The van der Waals surface area contributed by atoms with Gasteiger partial charge in [-0.05, 0) is 26.3 Å². The Hall–Kier alpha value is -2.43. The van der Waals surface area contributed by atoms with E-state index < -0.39 is 0 Å². The molecule has 0 bridgehead atoms. The summed E-state index contributed by atoms with van der Waals surface area (Å²) < 4.78 is 0. The van der Waals surface area contributed by atoms with E-state index in [1.165, 1.54) is 16.7 Å². The van der Waals surface area contributed by atoms with Gasteiger partial charge in [-0.2, -0.15) is 0 Å². The molecule has 0 aliphatic carbocycles. The van der Waals surface area contributed by atoms with E-state index in [1.807, 2.05) is 18.7 Å². The van der Waals surface area contributed by atoms with Crippen LogP contribution in [0, 0.1) is 20.8 Å². The maximum atomic E-state index is 11.9. The van der Waals surface area contributed by atoms with Crippen LogP contribution in [0.3, 0.4) is 0 Å². The number of hydrogen-bond acceptors (Lipinski definition) is 4. The molecule has 1 aliphatic rings. The van der Waals surface area contributed by atoms with Gasteiger partial charge in [-0.15, -0.1) is 0 Å². The van der Waals surface area contributed by atoms with E-state index in [1.54, 1.807) is 0 Å². The number of amides is 1. The van der Waals surface area contributed by atoms with Gasteiger partial charge < -0.3 is 9.80 Å². The lowest BCUT2D eigenvalue weighted by Gasteiger charge is -2.36. The van der Waals surface area contributed by atoms with Crippen LogP contribution in [0.1, 0.15) is 41.6 Å². The zero-order valence-corrected chi connectivity index (χ0v) is 16.2. The van der Waals surface area contributed by atoms with Gasteiger partial charge in [-0.1, -0.05) is 36.8 Å². The molecule has 3 rings (SSSR count). The van der Waals surface area contributed by atoms with Crippen LogP contribution in [0.25, 0.3) is 0 Å². The molecule has 0 N–H and O–H groups in total. The molecule has 5 heteroatoms. The Morgan fingerprint density at radius 2 is 1.65 bits per heavy atom. The minimum Gasteiger partial charge on any atom is -0.353 e. The maximum absolute atomic E-state index is 11.9. The highest BCUT2D eigenvalue weighted by atomic mass is 16.2. The van der Waals surface area contributed by atoms with E-state index in [-0.39, 0.29) is 5.91 Å². The number of aryl methyl sites for hydroxylation is 3. The first kappa shape index (κ1) is 18.4. The number of rotatable bonds is 4. The van der Waals surface area contributed by atoms with Gasteiger partial charge in [-0.25, -0.2) is 9.97 Å². The molecule has 0 spiro atoms. The van der Waals surface area contributed by atoms with Gasteiger partial charge in [-0.3, -0.25) is 4.79 Å². The Balaban J connectivity index is 1.85. The van der Waals surface area contributed by atoms with E-state index in [4.69, 9.17) is 4.98 Å². The highest BCUT2D eigenvalue weighted by molar-refractivity contribution is 5.76. The standard InChI is InChI=1S/C21H28N4O/c1-5-20(26)24-10-12-25(13-11-24)21-19(16(3)22-17(4)23-21)14-18-8-6-15(2)7-9-18/h6-9H,5,10-14H2,1-4H3. The number of piperazine rings is 1. The molecule has 0 atom stereocenters. The summed E-state index contributed by atoms with van der Waals surface area (Å²) in [6.07, 6.45) is 1.40. The van der Waals surface area contributed by atoms with Crippen LogP contribution in [0.2, 0.25) is 0 Å². The number of carbonyl (C=O) groups excluding carboxylic acids is 1. The van der Waals surface area contributed by atoms with E-state index in [0.29, 0.717) is 6.42 Å². The fourth-order valence-electron chi connectivity index (χ4n) is 3.49. The molecule has 138 valence electrons. The Morgan fingerprint density at radius 1 is 1.00 bits per heavy atom. The van der Waals surface area contributed by atoms with Crippen molar-refractivity contribution in [1.29, 1.82) is 0 Å². The third kappa shape index (κ3) is 4.03. The van der Waals surface area contributed by atoms with E-state index >= 15 is 0 Å². The number of nitrogens with zero attached hydrogens (tertiary/aromatic N) is 4. The van der Waals surface area contributed by atoms with Crippen LogP contribution in [-0.4, -0.2) is 47.0 Å². The molecular weight excluding hydrogens is 324 g/mol. The summed E-state index contributed by atoms with van der Waals surface area (Å²) in [5.74, 6) is 2.07. The minimum atomic E-state index is 0.236. The van der Waals surface area contributed by atoms with Crippen molar-refractivity contribution in [3.05, 3.63) is 52.5 Å². The molecule has 0 unspecified atom stereocenters. The molecule has 2 aromatic rings. The molecule has 1 aromatic carbocycles. The molecule has 1 saturated heterocycles. The third-order valence-corrected chi connectivity index (χ3v) is 5.04. The summed E-state index contributed by atoms with van der Waals surface area (Å²) in [7, 11) is 0. The lowest BCUT2D eigenvalue weighted by Crippen LogP contribution is -2.49. The van der Waals surface area contributed by atoms with Crippen molar-refractivity contribution in [1.82, 2.24) is 14.9 Å². The molecule has 2 heterocycles. The highest BCUT2D eigenvalue weighted by Crippen LogP contribution is 2.25. The summed E-state index contributed by atoms with van der Waals surface area (Å²) in [6.45, 7) is 11.2. The van der Waals surface area contributed by atoms with Crippen molar-refractivity contribution in [3.63, 3.8) is 0 Å². The van der Waals surface area contributed by atoms with Crippen molar-refractivity contribution in [2.75, 3.05) is 31.1 Å². The molecule has 0 radical (unpaired) electrons. The van der Waals surface area contributed by atoms with E-state index in [2.05, 4.69) is 48.0 Å². The maximum Gasteiger partial charge on any atom is 0.222 e. The van der Waals surface area contributed by atoms with E-state index in [9.17, 15) is 4.79 Å². The molecular formula is C21H28N4O. The van der Waals surface area contributed by atoms with Gasteiger partial charge in [0.2, 0.25) is 5.91 Å². The summed E-state index contributed by atoms with van der Waals surface area (Å²) in [4.78, 5) is 25.6. The van der Waals surface area contributed by atoms with Crippen molar-refractivity contribution < 1.29 is 4.79 Å². The molecule has 0 saturated carbocycles. The molecule has 1 fully saturated rings. The largest absolute Gasteiger partial charge is 0.353 e. The van der Waals surface area contributed by atoms with Crippen molar-refractivity contribution in [3.8, 4) is 0 Å². The predicted octanol–water partition coefficient (Wildman–Crippen LogP) is 3.05. The second-order valence-electron chi connectivity index (χ2n) is 7.04. The number of aromatic nitrogens is 2. The Kier molecular flexibility index (Phi) is 5.55. The van der Waals surface area contributed by atoms with Crippen LogP contribution in [0.15, 0.2) is 24.3 Å². The van der Waals surface area contributed by atoms with Crippen molar-refractivity contribution in [2.45, 2.75) is 40.5 Å². The second-order valence-corrected chi connectivity index (χ2v) is 7.04. The summed E-state index contributed by atoms with van der Waals surface area (Å²) in [6, 6.07) is 8.65. The van der Waals surface area contributed by atoms with Gasteiger partial charge in [0, 0.05) is 50.3 Å². The SMILES string of the molecule is CCC(=O)N1CCN(c2nc(C)nc(C)c2Cc2ccc(C)cc2)CC1. The quantitative estimate of drug-likeness (QED) is 0.849. The topological polar surface area (TPSA) is 49.3 Å². The number of carbonyl (C=O) groups is 1. The van der Waals surface area contributed by atoms with Gasteiger partial charge in [0.05, 0.1) is 0 Å². The fraction of sp³-hybridized carbons (Fsp3) is 0.476. The fourth-order valence-corrected chi connectivity index (χ4v) is 3.49. The minimum absolute atomic E-state index is 0.236. The summed E-state index contributed by atoms with van der Waals surface area (Å²) >= 11 is 0. The summed E-state index contributed by atoms with van der Waals surface area (Å²) in [5, 5.41) is 0. The lowest BCUT2D eigenvalue weighted by atomic mass is 10.0. The number of anilines is 1. The average Bonchev–Trinajstić information content (AvgIpc) is 2.65. The smallest absolute Gasteiger partial charge is 0.222 e. The van der Waals surface area contributed by atoms with Crippen LogP contribution >= 0.6 is 0 Å². The first-order chi connectivity index (χ1) is 12.5. The zero-order valence-electron chi connectivity index (χ0n) is 16.2. The monoisotopic (exact) mass is 352 g/mol. The van der Waals surface area contributed by atoms with Crippen molar-refractivity contribution >= 4 is 11.7 Å². The average molecular weight is 352 g/mol. The van der Waals surface area contributed by atoms with Crippen LogP contribution in [-0.2, 0) is 11.2 Å². The van der Waals surface area contributed by atoms with Crippen LogP contribution in [0.4, 0.5) is 5.82 Å². The molecule has 1 aromatic heterocycles. The third-order valence-electron chi connectivity index (χ3n) is 5.04. The predicted molar refractivity (Wildman–Crippen MR) is 105 cm³/mol. The summed E-state index contributed by atoms with van der Waals surface area (Å²) in [5.41, 5.74) is 4.77. The van der Waals surface area contributed by atoms with Gasteiger partial charge in [0.15, 0.2) is 0 Å². The van der Waals surface area contributed by atoms with E-state index in [0.717, 1.165) is 49.9 Å². The van der Waals surface area contributed by atoms with Crippen molar-refractivity contribution in [2.24, 2.45) is 0 Å². The van der Waals surface area contributed by atoms with Crippen LogP contribution < -0.4 is 4.90 Å². The Morgan fingerprint density at radius 3 is 2.27 bits per heavy atom. The lowest BCUT2D eigenvalue weighted by molar-refractivity contribution is -0.131. The zero-order chi connectivity index (χ0) is 18.7. The van der Waals surface area contributed by atoms with Gasteiger partial charge >= 0.3 is 0 Å². The number of benzene rings is 1.